The van der Waals surface area contributed by atoms with Gasteiger partial charge in [0.2, 0.25) is 5.91 Å². The van der Waals surface area contributed by atoms with Gasteiger partial charge in [0.1, 0.15) is 6.04 Å². The molecule has 0 aromatic carbocycles. The first-order valence-electron chi connectivity index (χ1n) is 5.63. The van der Waals surface area contributed by atoms with Crippen LogP contribution in [0.4, 0.5) is 0 Å². The summed E-state index contributed by atoms with van der Waals surface area (Å²) in [5.41, 5.74) is 0. The Hall–Kier alpha value is -1.10. The summed E-state index contributed by atoms with van der Waals surface area (Å²) >= 11 is 0. The highest BCUT2D eigenvalue weighted by Crippen LogP contribution is 2.23. The molecule has 0 aromatic heterocycles. The van der Waals surface area contributed by atoms with E-state index in [1.54, 1.807) is 0 Å². The number of amides is 1. The first kappa shape index (κ1) is 13.0. The van der Waals surface area contributed by atoms with E-state index in [9.17, 15) is 9.59 Å². The summed E-state index contributed by atoms with van der Waals surface area (Å²) in [6.45, 7) is 4.70. The van der Waals surface area contributed by atoms with Crippen molar-refractivity contribution in [3.63, 3.8) is 0 Å². The van der Waals surface area contributed by atoms with Crippen molar-refractivity contribution in [3.8, 4) is 0 Å². The highest BCUT2D eigenvalue weighted by molar-refractivity contribution is 5.84. The average Bonchev–Trinajstić information content (AvgIpc) is 2.28. The van der Waals surface area contributed by atoms with Crippen molar-refractivity contribution in [2.45, 2.75) is 32.7 Å². The summed E-state index contributed by atoms with van der Waals surface area (Å²) in [4.78, 5) is 22.3. The standard InChI is InChI=1S/C11H19NO4/c1-7(9-3-5-16-6-4-9)10(13)12-8(2)11(14)15/h7-9H,3-6H2,1-2H3,(H,12,13)(H,14,15)/t7?,8-/m0/s1. The molecule has 5 heteroatoms. The van der Waals surface area contributed by atoms with Crippen LogP contribution in [0.25, 0.3) is 0 Å². The Morgan fingerprint density at radius 2 is 1.88 bits per heavy atom. The van der Waals surface area contributed by atoms with Gasteiger partial charge in [-0.15, -0.1) is 0 Å². The van der Waals surface area contributed by atoms with Gasteiger partial charge in [0.25, 0.3) is 0 Å². The van der Waals surface area contributed by atoms with E-state index in [0.717, 1.165) is 12.8 Å². The number of hydrogen-bond acceptors (Lipinski definition) is 3. The van der Waals surface area contributed by atoms with Crippen LogP contribution in [0.1, 0.15) is 26.7 Å². The number of nitrogens with one attached hydrogen (secondary N) is 1. The molecule has 1 amide bonds. The van der Waals surface area contributed by atoms with Crippen LogP contribution in [0, 0.1) is 11.8 Å². The van der Waals surface area contributed by atoms with E-state index in [4.69, 9.17) is 9.84 Å². The van der Waals surface area contributed by atoms with E-state index in [0.29, 0.717) is 19.1 Å². The first-order chi connectivity index (χ1) is 7.52. The lowest BCUT2D eigenvalue weighted by Gasteiger charge is -2.27. The van der Waals surface area contributed by atoms with Crippen molar-refractivity contribution in [2.75, 3.05) is 13.2 Å². The van der Waals surface area contributed by atoms with Crippen molar-refractivity contribution in [3.05, 3.63) is 0 Å². The monoisotopic (exact) mass is 229 g/mol. The smallest absolute Gasteiger partial charge is 0.325 e. The predicted molar refractivity (Wildman–Crippen MR) is 57.9 cm³/mol. The van der Waals surface area contributed by atoms with Gasteiger partial charge < -0.3 is 15.2 Å². The van der Waals surface area contributed by atoms with Gasteiger partial charge >= 0.3 is 5.97 Å². The maximum absolute atomic E-state index is 11.7. The largest absolute Gasteiger partial charge is 0.480 e. The van der Waals surface area contributed by atoms with E-state index in [2.05, 4.69) is 5.32 Å². The molecule has 2 atom stereocenters. The van der Waals surface area contributed by atoms with Gasteiger partial charge in [-0.1, -0.05) is 6.92 Å². The second kappa shape index (κ2) is 5.84. The van der Waals surface area contributed by atoms with Gasteiger partial charge in [-0.05, 0) is 25.7 Å². The number of carboxylic acids is 1. The van der Waals surface area contributed by atoms with Crippen LogP contribution in [-0.4, -0.2) is 36.2 Å². The molecule has 1 fully saturated rings. The molecule has 1 aliphatic rings. The van der Waals surface area contributed by atoms with Crippen molar-refractivity contribution >= 4 is 11.9 Å². The van der Waals surface area contributed by atoms with Gasteiger partial charge in [-0.3, -0.25) is 9.59 Å². The number of hydrogen-bond donors (Lipinski definition) is 2. The third-order valence-corrected chi connectivity index (χ3v) is 3.12. The second-order valence-electron chi connectivity index (χ2n) is 4.31. The zero-order valence-electron chi connectivity index (χ0n) is 9.73. The van der Waals surface area contributed by atoms with Crippen LogP contribution in [0.5, 0.6) is 0 Å². The molecule has 0 aromatic rings. The Labute approximate surface area is 95.2 Å². The van der Waals surface area contributed by atoms with Crippen molar-refractivity contribution in [1.82, 2.24) is 5.32 Å². The number of carboxylic acid groups (broad SMARTS) is 1. The lowest BCUT2D eigenvalue weighted by Crippen LogP contribution is -2.43. The molecule has 0 bridgehead atoms. The molecule has 92 valence electrons. The fourth-order valence-electron chi connectivity index (χ4n) is 1.84. The van der Waals surface area contributed by atoms with Crippen LogP contribution >= 0.6 is 0 Å². The predicted octanol–water partition coefficient (Wildman–Crippen LogP) is 0.638. The fourth-order valence-corrected chi connectivity index (χ4v) is 1.84. The number of rotatable bonds is 4. The quantitative estimate of drug-likeness (QED) is 0.741. The van der Waals surface area contributed by atoms with Crippen LogP contribution < -0.4 is 5.32 Å². The fraction of sp³-hybridized carbons (Fsp3) is 0.818. The van der Waals surface area contributed by atoms with E-state index >= 15 is 0 Å². The molecule has 0 spiro atoms. The molecular weight excluding hydrogens is 210 g/mol. The Morgan fingerprint density at radius 3 is 2.38 bits per heavy atom. The summed E-state index contributed by atoms with van der Waals surface area (Å²) in [6.07, 6.45) is 1.74. The molecule has 0 saturated carbocycles. The lowest BCUT2D eigenvalue weighted by molar-refractivity contribution is -0.142. The van der Waals surface area contributed by atoms with Crippen LogP contribution in [0.2, 0.25) is 0 Å². The molecule has 1 rings (SSSR count). The van der Waals surface area contributed by atoms with Gasteiger partial charge in [0.05, 0.1) is 0 Å². The molecule has 2 N–H and O–H groups in total. The molecule has 0 radical (unpaired) electrons. The van der Waals surface area contributed by atoms with Crippen molar-refractivity contribution in [1.29, 1.82) is 0 Å². The minimum Gasteiger partial charge on any atom is -0.480 e. The third-order valence-electron chi connectivity index (χ3n) is 3.12. The molecule has 1 heterocycles. The van der Waals surface area contributed by atoms with Gasteiger partial charge in [-0.25, -0.2) is 0 Å². The maximum Gasteiger partial charge on any atom is 0.325 e. The SMILES string of the molecule is CC(C(=O)N[C@@H](C)C(=O)O)C1CCOCC1. The number of carbonyl (C=O) groups is 2. The van der Waals surface area contributed by atoms with Crippen LogP contribution in [-0.2, 0) is 14.3 Å². The summed E-state index contributed by atoms with van der Waals surface area (Å²) in [5, 5.41) is 11.2. The van der Waals surface area contributed by atoms with E-state index in [-0.39, 0.29) is 11.8 Å². The van der Waals surface area contributed by atoms with Crippen LogP contribution in [0.3, 0.4) is 0 Å². The third kappa shape index (κ3) is 3.48. The highest BCUT2D eigenvalue weighted by atomic mass is 16.5. The van der Waals surface area contributed by atoms with Gasteiger partial charge in [0, 0.05) is 19.1 Å². The summed E-state index contributed by atoms with van der Waals surface area (Å²) in [5.74, 6) is -1.03. The molecule has 5 nitrogen and oxygen atoms in total. The van der Waals surface area contributed by atoms with Gasteiger partial charge in [-0.2, -0.15) is 0 Å². The summed E-state index contributed by atoms with van der Waals surface area (Å²) in [6, 6.07) is -0.824. The number of carbonyl (C=O) groups excluding carboxylic acids is 1. The zero-order valence-corrected chi connectivity index (χ0v) is 9.73. The minimum absolute atomic E-state index is 0.148. The Balaban J connectivity index is 2.43. The molecule has 16 heavy (non-hydrogen) atoms. The molecular formula is C11H19NO4. The lowest BCUT2D eigenvalue weighted by atomic mass is 9.86. The number of ether oxygens (including phenoxy) is 1. The molecule has 1 saturated heterocycles. The van der Waals surface area contributed by atoms with E-state index in [1.807, 2.05) is 6.92 Å². The van der Waals surface area contributed by atoms with Crippen molar-refractivity contribution in [2.24, 2.45) is 11.8 Å². The van der Waals surface area contributed by atoms with E-state index < -0.39 is 12.0 Å². The average molecular weight is 229 g/mol. The Bertz CT molecular complexity index is 261. The number of aliphatic carboxylic acids is 1. The molecule has 0 aliphatic carbocycles. The highest BCUT2D eigenvalue weighted by Gasteiger charge is 2.27. The summed E-state index contributed by atoms with van der Waals surface area (Å²) in [7, 11) is 0. The maximum atomic E-state index is 11.7. The first-order valence-corrected chi connectivity index (χ1v) is 5.63. The van der Waals surface area contributed by atoms with Crippen molar-refractivity contribution < 1.29 is 19.4 Å². The van der Waals surface area contributed by atoms with Gasteiger partial charge in [0.15, 0.2) is 0 Å². The molecule has 1 aliphatic heterocycles. The normalized spacial score (nSPS) is 21.1. The van der Waals surface area contributed by atoms with E-state index in [1.165, 1.54) is 6.92 Å². The second-order valence-corrected chi connectivity index (χ2v) is 4.31. The minimum atomic E-state index is -1.01. The van der Waals surface area contributed by atoms with Crippen LogP contribution in [0.15, 0.2) is 0 Å². The summed E-state index contributed by atoms with van der Waals surface area (Å²) < 4.78 is 5.22. The Morgan fingerprint density at radius 1 is 1.31 bits per heavy atom. The zero-order chi connectivity index (χ0) is 12.1. The topological polar surface area (TPSA) is 75.6 Å². The molecule has 1 unspecified atom stereocenters. The Kier molecular flexibility index (Phi) is 4.73.